The Kier molecular flexibility index (Phi) is 5.43. The van der Waals surface area contributed by atoms with Crippen molar-refractivity contribution < 1.29 is 27.5 Å². The van der Waals surface area contributed by atoms with Crippen molar-refractivity contribution in [3.8, 4) is 5.75 Å². The number of halogens is 1. The monoisotopic (exact) mass is 401 g/mol. The van der Waals surface area contributed by atoms with E-state index in [9.17, 15) is 18.0 Å². The molecule has 0 unspecified atom stereocenters. The third kappa shape index (κ3) is 4.48. The smallest absolute Gasteiger partial charge is 0.313 e. The van der Waals surface area contributed by atoms with Crippen LogP contribution in [0, 0.1) is 5.92 Å². The molecule has 3 atom stereocenters. The first-order chi connectivity index (χ1) is 12.2. The van der Waals surface area contributed by atoms with Crippen molar-refractivity contribution in [3.05, 3.63) is 28.8 Å². The lowest BCUT2D eigenvalue weighted by molar-refractivity contribution is -0.160. The van der Waals surface area contributed by atoms with Crippen LogP contribution >= 0.6 is 11.6 Å². The first-order valence-electron chi connectivity index (χ1n) is 8.36. The van der Waals surface area contributed by atoms with E-state index in [1.807, 2.05) is 0 Å². The normalized spacial score (nSPS) is 24.8. The Morgan fingerprint density at radius 3 is 2.85 bits per heavy atom. The van der Waals surface area contributed by atoms with Gasteiger partial charge in [-0.2, -0.15) is 0 Å². The summed E-state index contributed by atoms with van der Waals surface area (Å²) in [4.78, 5) is 24.5. The summed E-state index contributed by atoms with van der Waals surface area (Å²) in [5.41, 5.74) is 0.818. The lowest BCUT2D eigenvalue weighted by atomic mass is 9.97. The van der Waals surface area contributed by atoms with Gasteiger partial charge in [0, 0.05) is 11.1 Å². The van der Waals surface area contributed by atoms with Gasteiger partial charge in [0.15, 0.2) is 15.9 Å². The number of hydrogen-bond acceptors (Lipinski definition) is 6. The molecule has 0 aromatic heterocycles. The predicted molar refractivity (Wildman–Crippen MR) is 94.9 cm³/mol. The van der Waals surface area contributed by atoms with Gasteiger partial charge in [0.2, 0.25) is 0 Å². The van der Waals surface area contributed by atoms with Gasteiger partial charge in [0.05, 0.1) is 17.4 Å². The highest BCUT2D eigenvalue weighted by molar-refractivity contribution is 7.91. The number of sulfone groups is 1. The van der Waals surface area contributed by atoms with Gasteiger partial charge in [-0.15, -0.1) is 0 Å². The summed E-state index contributed by atoms with van der Waals surface area (Å²) < 4.78 is 33.7. The standard InChI is InChI=1S/C17H20ClNO6S/c1-10(16(20)19-14-4-5-26(22,23)9-14)25-17(21)12-6-11-7-13(18)2-3-15(11)24-8-12/h2-3,7,10,12,14H,4-6,8-9H2,1H3,(H,19,20)/t10-,12+,14-/m0/s1. The maximum absolute atomic E-state index is 12.3. The maximum Gasteiger partial charge on any atom is 0.313 e. The molecule has 0 bridgehead atoms. The Bertz CT molecular complexity index is 825. The quantitative estimate of drug-likeness (QED) is 0.759. The van der Waals surface area contributed by atoms with Gasteiger partial charge in [-0.1, -0.05) is 11.6 Å². The molecule has 3 rings (SSSR count). The van der Waals surface area contributed by atoms with Gasteiger partial charge < -0.3 is 14.8 Å². The molecule has 1 amide bonds. The number of carbonyl (C=O) groups is 2. The number of nitrogens with one attached hydrogen (secondary N) is 1. The van der Waals surface area contributed by atoms with E-state index in [1.165, 1.54) is 6.92 Å². The van der Waals surface area contributed by atoms with Crippen molar-refractivity contribution in [2.75, 3.05) is 18.1 Å². The average Bonchev–Trinajstić information content (AvgIpc) is 2.92. The summed E-state index contributed by atoms with van der Waals surface area (Å²) in [5.74, 6) is -0.881. The second-order valence-corrected chi connectivity index (χ2v) is 9.32. The van der Waals surface area contributed by atoms with E-state index in [2.05, 4.69) is 5.32 Å². The molecule has 0 radical (unpaired) electrons. The topological polar surface area (TPSA) is 98.8 Å². The number of rotatable bonds is 4. The summed E-state index contributed by atoms with van der Waals surface area (Å²) in [6.45, 7) is 1.63. The predicted octanol–water partition coefficient (Wildman–Crippen LogP) is 1.13. The van der Waals surface area contributed by atoms with Crippen molar-refractivity contribution >= 4 is 33.3 Å². The molecule has 2 aliphatic heterocycles. The Morgan fingerprint density at radius 2 is 2.15 bits per heavy atom. The highest BCUT2D eigenvalue weighted by atomic mass is 35.5. The molecule has 0 saturated carbocycles. The zero-order chi connectivity index (χ0) is 18.9. The molecule has 26 heavy (non-hydrogen) atoms. The van der Waals surface area contributed by atoms with Crippen LogP contribution in [0.2, 0.25) is 5.02 Å². The molecule has 7 nitrogen and oxygen atoms in total. The molecule has 0 aliphatic carbocycles. The second-order valence-electron chi connectivity index (χ2n) is 6.65. The Hall–Kier alpha value is -1.80. The maximum atomic E-state index is 12.3. The van der Waals surface area contributed by atoms with Crippen molar-refractivity contribution in [3.63, 3.8) is 0 Å². The van der Waals surface area contributed by atoms with Gasteiger partial charge in [-0.25, -0.2) is 8.42 Å². The SMILES string of the molecule is C[C@H](OC(=O)[C@H]1COc2ccc(Cl)cc2C1)C(=O)N[C@H]1CCS(=O)(=O)C1. The van der Waals surface area contributed by atoms with Crippen molar-refractivity contribution in [1.29, 1.82) is 0 Å². The van der Waals surface area contributed by atoms with E-state index in [-0.39, 0.29) is 18.1 Å². The summed E-state index contributed by atoms with van der Waals surface area (Å²) in [7, 11) is -3.09. The van der Waals surface area contributed by atoms with E-state index in [4.69, 9.17) is 21.1 Å². The van der Waals surface area contributed by atoms with Gasteiger partial charge in [0.1, 0.15) is 12.4 Å². The van der Waals surface area contributed by atoms with Crippen molar-refractivity contribution in [1.82, 2.24) is 5.32 Å². The third-order valence-corrected chi connectivity index (χ3v) is 6.51. The zero-order valence-electron chi connectivity index (χ0n) is 14.2. The molecular formula is C17H20ClNO6S. The highest BCUT2D eigenvalue weighted by Gasteiger charge is 2.33. The Balaban J connectivity index is 1.53. The highest BCUT2D eigenvalue weighted by Crippen LogP contribution is 2.30. The van der Waals surface area contributed by atoms with Crippen LogP contribution in [0.25, 0.3) is 0 Å². The van der Waals surface area contributed by atoms with Gasteiger partial charge in [0.25, 0.3) is 5.91 Å². The molecular weight excluding hydrogens is 382 g/mol. The first-order valence-corrected chi connectivity index (χ1v) is 10.6. The summed E-state index contributed by atoms with van der Waals surface area (Å²) >= 11 is 5.96. The fourth-order valence-electron chi connectivity index (χ4n) is 3.07. The van der Waals surface area contributed by atoms with E-state index in [0.29, 0.717) is 23.6 Å². The van der Waals surface area contributed by atoms with Crippen LogP contribution in [0.15, 0.2) is 18.2 Å². The Labute approximate surface area is 156 Å². The van der Waals surface area contributed by atoms with E-state index in [0.717, 1.165) is 5.56 Å². The number of fused-ring (bicyclic) bond motifs is 1. The number of ether oxygens (including phenoxy) is 2. The molecule has 1 N–H and O–H groups in total. The number of benzene rings is 1. The molecule has 0 spiro atoms. The summed E-state index contributed by atoms with van der Waals surface area (Å²) in [6, 6.07) is 4.78. The molecule has 1 aromatic carbocycles. The minimum Gasteiger partial charge on any atom is -0.492 e. The molecule has 1 fully saturated rings. The molecule has 9 heteroatoms. The second kappa shape index (κ2) is 7.44. The van der Waals surface area contributed by atoms with Crippen LogP contribution in [0.3, 0.4) is 0 Å². The van der Waals surface area contributed by atoms with Crippen LogP contribution in [0.4, 0.5) is 0 Å². The van der Waals surface area contributed by atoms with Gasteiger partial charge >= 0.3 is 5.97 Å². The number of esters is 1. The van der Waals surface area contributed by atoms with Crippen LogP contribution in [0.1, 0.15) is 18.9 Å². The van der Waals surface area contributed by atoms with Crippen LogP contribution in [0.5, 0.6) is 5.75 Å². The van der Waals surface area contributed by atoms with E-state index >= 15 is 0 Å². The van der Waals surface area contributed by atoms with Crippen LogP contribution in [-0.4, -0.2) is 50.6 Å². The fourth-order valence-corrected chi connectivity index (χ4v) is 4.93. The molecule has 2 heterocycles. The Morgan fingerprint density at radius 1 is 1.38 bits per heavy atom. The zero-order valence-corrected chi connectivity index (χ0v) is 15.8. The molecule has 142 valence electrons. The summed E-state index contributed by atoms with van der Waals surface area (Å²) in [6.07, 6.45) is -0.210. The third-order valence-electron chi connectivity index (χ3n) is 4.50. The van der Waals surface area contributed by atoms with E-state index < -0.39 is 39.8 Å². The number of amides is 1. The largest absolute Gasteiger partial charge is 0.492 e. The van der Waals surface area contributed by atoms with Gasteiger partial charge in [-0.3, -0.25) is 9.59 Å². The summed E-state index contributed by atoms with van der Waals surface area (Å²) in [5, 5.41) is 3.18. The fraction of sp³-hybridized carbons (Fsp3) is 0.529. The number of carbonyl (C=O) groups excluding carboxylic acids is 2. The van der Waals surface area contributed by atoms with E-state index in [1.54, 1.807) is 18.2 Å². The lowest BCUT2D eigenvalue weighted by Crippen LogP contribution is -2.43. The minimum atomic E-state index is -3.09. The van der Waals surface area contributed by atoms with Crippen LogP contribution < -0.4 is 10.1 Å². The van der Waals surface area contributed by atoms with Crippen LogP contribution in [-0.2, 0) is 30.6 Å². The van der Waals surface area contributed by atoms with Crippen molar-refractivity contribution in [2.24, 2.45) is 5.92 Å². The lowest BCUT2D eigenvalue weighted by Gasteiger charge is -2.25. The first kappa shape index (κ1) is 19.0. The molecule has 1 aromatic rings. The van der Waals surface area contributed by atoms with Crippen molar-refractivity contribution in [2.45, 2.75) is 31.9 Å². The molecule has 2 aliphatic rings. The minimum absolute atomic E-state index is 0.0630. The average molecular weight is 402 g/mol. The molecule has 1 saturated heterocycles. The number of hydrogen-bond donors (Lipinski definition) is 1. The van der Waals surface area contributed by atoms with Gasteiger partial charge in [-0.05, 0) is 43.5 Å².